The lowest BCUT2D eigenvalue weighted by Gasteiger charge is -2.12. The molecule has 0 aliphatic carbocycles. The molecule has 0 fully saturated rings. The zero-order valence-corrected chi connectivity index (χ0v) is 12.2. The van der Waals surface area contributed by atoms with Crippen LogP contribution in [0.2, 0.25) is 0 Å². The monoisotopic (exact) mass is 278 g/mol. The predicted octanol–water partition coefficient (Wildman–Crippen LogP) is 3.15. The molecule has 0 unspecified atom stereocenters. The van der Waals surface area contributed by atoms with Crippen LogP contribution in [0, 0.1) is 0 Å². The number of carbonyl (C=O) groups excluding carboxylic acids is 1. The first-order valence-electron chi connectivity index (χ1n) is 6.77. The Hall–Kier alpha value is -1.97. The summed E-state index contributed by atoms with van der Waals surface area (Å²) in [4.78, 5) is 11.0. The summed E-state index contributed by atoms with van der Waals surface area (Å²) in [6.07, 6.45) is 3.54. The van der Waals surface area contributed by atoms with E-state index in [0.717, 1.165) is 17.1 Å². The van der Waals surface area contributed by atoms with Crippen LogP contribution in [0.15, 0.2) is 30.9 Å². The second kappa shape index (κ2) is 9.02. The van der Waals surface area contributed by atoms with Crippen LogP contribution in [0.4, 0.5) is 0 Å². The fourth-order valence-corrected chi connectivity index (χ4v) is 1.77. The molecule has 0 amide bonds. The van der Waals surface area contributed by atoms with Crippen LogP contribution in [0.1, 0.15) is 25.3 Å². The van der Waals surface area contributed by atoms with Gasteiger partial charge in [0.25, 0.3) is 0 Å². The van der Waals surface area contributed by atoms with Gasteiger partial charge in [-0.15, -0.1) is 6.58 Å². The van der Waals surface area contributed by atoms with Crippen LogP contribution >= 0.6 is 0 Å². The topological polar surface area (TPSA) is 44.8 Å². The molecule has 0 radical (unpaired) electrons. The molecule has 1 aromatic rings. The molecule has 20 heavy (non-hydrogen) atoms. The van der Waals surface area contributed by atoms with Gasteiger partial charge in [-0.1, -0.05) is 6.08 Å². The zero-order chi connectivity index (χ0) is 14.8. The molecule has 0 saturated carbocycles. The van der Waals surface area contributed by atoms with E-state index in [9.17, 15) is 4.79 Å². The molecule has 0 spiro atoms. The molecule has 0 saturated heterocycles. The van der Waals surface area contributed by atoms with Gasteiger partial charge in [0.2, 0.25) is 0 Å². The highest BCUT2D eigenvalue weighted by atomic mass is 16.5. The maximum absolute atomic E-state index is 11.0. The molecule has 4 nitrogen and oxygen atoms in total. The zero-order valence-electron chi connectivity index (χ0n) is 12.2. The Balaban J connectivity index is 2.59. The van der Waals surface area contributed by atoms with Gasteiger partial charge in [0, 0.05) is 12.0 Å². The number of ether oxygens (including phenoxy) is 3. The lowest BCUT2D eigenvalue weighted by molar-refractivity contribution is -0.140. The summed E-state index contributed by atoms with van der Waals surface area (Å²) in [5.74, 6) is 1.41. The van der Waals surface area contributed by atoms with Gasteiger partial charge in [-0.3, -0.25) is 4.79 Å². The molecular formula is C16H22O4. The Kier molecular flexibility index (Phi) is 7.25. The van der Waals surface area contributed by atoms with Gasteiger partial charge in [-0.25, -0.2) is 0 Å². The highest BCUT2D eigenvalue weighted by Gasteiger charge is 2.06. The Morgan fingerprint density at radius 2 is 2.15 bits per heavy atom. The maximum atomic E-state index is 11.0. The van der Waals surface area contributed by atoms with E-state index in [-0.39, 0.29) is 5.97 Å². The standard InChI is InChI=1S/C16H22O4/c1-4-7-13-12-14(19-5-2)9-10-15(13)20-11-6-8-16(17)18-3/h4,9-10,12H,1,5-8,11H2,2-3H3. The van der Waals surface area contributed by atoms with E-state index in [1.54, 1.807) is 0 Å². The Morgan fingerprint density at radius 1 is 1.35 bits per heavy atom. The summed E-state index contributed by atoms with van der Waals surface area (Å²) in [7, 11) is 1.39. The molecule has 0 N–H and O–H groups in total. The molecule has 1 rings (SSSR count). The molecule has 0 heterocycles. The van der Waals surface area contributed by atoms with Crippen LogP contribution in [0.25, 0.3) is 0 Å². The average Bonchev–Trinajstić information content (AvgIpc) is 2.45. The number of hydrogen-bond donors (Lipinski definition) is 0. The molecule has 110 valence electrons. The van der Waals surface area contributed by atoms with E-state index in [1.165, 1.54) is 7.11 Å². The number of hydrogen-bond acceptors (Lipinski definition) is 4. The lowest BCUT2D eigenvalue weighted by atomic mass is 10.1. The summed E-state index contributed by atoms with van der Waals surface area (Å²) in [6.45, 7) is 6.81. The second-order valence-corrected chi connectivity index (χ2v) is 4.22. The number of carbonyl (C=O) groups is 1. The summed E-state index contributed by atoms with van der Waals surface area (Å²) in [5, 5.41) is 0. The van der Waals surface area contributed by atoms with E-state index in [4.69, 9.17) is 9.47 Å². The molecule has 0 aliphatic rings. The van der Waals surface area contributed by atoms with Crippen molar-refractivity contribution < 1.29 is 19.0 Å². The van der Waals surface area contributed by atoms with Crippen LogP contribution < -0.4 is 9.47 Å². The van der Waals surface area contributed by atoms with Crippen molar-refractivity contribution in [2.24, 2.45) is 0 Å². The minimum Gasteiger partial charge on any atom is -0.494 e. The highest BCUT2D eigenvalue weighted by Crippen LogP contribution is 2.25. The van der Waals surface area contributed by atoms with Crippen molar-refractivity contribution in [3.63, 3.8) is 0 Å². The summed E-state index contributed by atoms with van der Waals surface area (Å²) in [6, 6.07) is 5.73. The molecule has 0 bridgehead atoms. The average molecular weight is 278 g/mol. The van der Waals surface area contributed by atoms with Crippen molar-refractivity contribution in [2.75, 3.05) is 20.3 Å². The van der Waals surface area contributed by atoms with Crippen LogP contribution in [0.3, 0.4) is 0 Å². The highest BCUT2D eigenvalue weighted by molar-refractivity contribution is 5.69. The van der Waals surface area contributed by atoms with Crippen molar-refractivity contribution >= 4 is 5.97 Å². The summed E-state index contributed by atoms with van der Waals surface area (Å²) >= 11 is 0. The SMILES string of the molecule is C=CCc1cc(OCC)ccc1OCCCC(=O)OC. The van der Waals surface area contributed by atoms with Crippen molar-refractivity contribution in [1.82, 2.24) is 0 Å². The lowest BCUT2D eigenvalue weighted by Crippen LogP contribution is -2.05. The van der Waals surface area contributed by atoms with Gasteiger partial charge in [-0.05, 0) is 38.0 Å². The Morgan fingerprint density at radius 3 is 2.80 bits per heavy atom. The third kappa shape index (κ3) is 5.34. The van der Waals surface area contributed by atoms with Gasteiger partial charge in [0.15, 0.2) is 0 Å². The van der Waals surface area contributed by atoms with Crippen LogP contribution in [-0.2, 0) is 16.0 Å². The first kappa shape index (κ1) is 16.1. The van der Waals surface area contributed by atoms with Gasteiger partial charge in [0.05, 0.1) is 20.3 Å². The van der Waals surface area contributed by atoms with Crippen molar-refractivity contribution in [3.05, 3.63) is 36.4 Å². The second-order valence-electron chi connectivity index (χ2n) is 4.22. The van der Waals surface area contributed by atoms with Crippen LogP contribution in [0.5, 0.6) is 11.5 Å². The Labute approximate surface area is 120 Å². The molecule has 0 aliphatic heterocycles. The van der Waals surface area contributed by atoms with E-state index >= 15 is 0 Å². The number of benzene rings is 1. The van der Waals surface area contributed by atoms with Crippen molar-refractivity contribution in [3.8, 4) is 11.5 Å². The van der Waals surface area contributed by atoms with Gasteiger partial charge >= 0.3 is 5.97 Å². The fourth-order valence-electron chi connectivity index (χ4n) is 1.77. The van der Waals surface area contributed by atoms with E-state index in [0.29, 0.717) is 32.5 Å². The molecule has 0 aromatic heterocycles. The minimum absolute atomic E-state index is 0.216. The van der Waals surface area contributed by atoms with Gasteiger partial charge in [-0.2, -0.15) is 0 Å². The summed E-state index contributed by atoms with van der Waals surface area (Å²) in [5.41, 5.74) is 1.03. The van der Waals surface area contributed by atoms with Crippen molar-refractivity contribution in [1.29, 1.82) is 0 Å². The van der Waals surface area contributed by atoms with Crippen LogP contribution in [-0.4, -0.2) is 26.3 Å². The molecule has 4 heteroatoms. The van der Waals surface area contributed by atoms with Crippen molar-refractivity contribution in [2.45, 2.75) is 26.2 Å². The molecular weight excluding hydrogens is 256 g/mol. The number of esters is 1. The maximum Gasteiger partial charge on any atom is 0.305 e. The largest absolute Gasteiger partial charge is 0.494 e. The minimum atomic E-state index is -0.216. The van der Waals surface area contributed by atoms with Gasteiger partial charge < -0.3 is 14.2 Å². The quantitative estimate of drug-likeness (QED) is 0.395. The smallest absolute Gasteiger partial charge is 0.305 e. The predicted molar refractivity (Wildman–Crippen MR) is 78.3 cm³/mol. The van der Waals surface area contributed by atoms with E-state index in [1.807, 2.05) is 31.2 Å². The number of allylic oxidation sites excluding steroid dienone is 1. The molecule has 0 atom stereocenters. The van der Waals surface area contributed by atoms with E-state index < -0.39 is 0 Å². The van der Waals surface area contributed by atoms with Gasteiger partial charge in [0.1, 0.15) is 11.5 Å². The molecule has 1 aromatic carbocycles. The summed E-state index contributed by atoms with van der Waals surface area (Å²) < 4.78 is 15.8. The number of rotatable bonds is 9. The first-order chi connectivity index (χ1) is 9.71. The first-order valence-corrected chi connectivity index (χ1v) is 6.77. The van der Waals surface area contributed by atoms with E-state index in [2.05, 4.69) is 11.3 Å². The fraction of sp³-hybridized carbons (Fsp3) is 0.438. The normalized spacial score (nSPS) is 9.90. The third-order valence-electron chi connectivity index (χ3n) is 2.72. The third-order valence-corrected chi connectivity index (χ3v) is 2.72. The number of methoxy groups -OCH3 is 1. The Bertz CT molecular complexity index is 440.